The monoisotopic (exact) mass is 419 g/mol. The van der Waals surface area contributed by atoms with Gasteiger partial charge in [0.2, 0.25) is 15.9 Å². The molecule has 154 valence electrons. The molecule has 9 nitrogen and oxygen atoms in total. The number of esters is 1. The van der Waals surface area contributed by atoms with Crippen LogP contribution in [0.25, 0.3) is 0 Å². The topological polar surface area (TPSA) is 126 Å². The molecule has 0 atom stereocenters. The van der Waals surface area contributed by atoms with E-state index in [1.165, 1.54) is 48.1 Å². The highest BCUT2D eigenvalue weighted by Gasteiger charge is 2.32. The predicted octanol–water partition coefficient (Wildman–Crippen LogP) is 1.61. The number of sulfonamides is 1. The van der Waals surface area contributed by atoms with Crippen LogP contribution in [0.4, 0.5) is 5.69 Å². The van der Waals surface area contributed by atoms with Crippen LogP contribution >= 0.6 is 0 Å². The van der Waals surface area contributed by atoms with Crippen molar-refractivity contribution >= 4 is 27.6 Å². The molecule has 0 aliphatic carbocycles. The maximum atomic E-state index is 12.6. The number of aromatic nitrogens is 1. The van der Waals surface area contributed by atoms with Crippen LogP contribution in [0.1, 0.15) is 23.2 Å². The first-order valence-corrected chi connectivity index (χ1v) is 10.4. The number of hydrogen-bond donors (Lipinski definition) is 2. The van der Waals surface area contributed by atoms with Crippen LogP contribution in [0.3, 0.4) is 0 Å². The van der Waals surface area contributed by atoms with E-state index in [0.29, 0.717) is 12.8 Å². The molecular formula is C19H21N3O6S. The highest BCUT2D eigenvalue weighted by molar-refractivity contribution is 7.89. The number of aromatic hydroxyl groups is 1. The van der Waals surface area contributed by atoms with Gasteiger partial charge in [-0.15, -0.1) is 0 Å². The molecule has 10 heteroatoms. The molecule has 0 bridgehead atoms. The summed E-state index contributed by atoms with van der Waals surface area (Å²) in [7, 11) is -2.45. The van der Waals surface area contributed by atoms with Crippen molar-refractivity contribution in [3.63, 3.8) is 0 Å². The maximum absolute atomic E-state index is 12.6. The van der Waals surface area contributed by atoms with E-state index < -0.39 is 21.9 Å². The number of carbonyl (C=O) groups excluding carboxylic acids is 2. The van der Waals surface area contributed by atoms with Gasteiger partial charge in [0.1, 0.15) is 10.5 Å². The Morgan fingerprint density at radius 3 is 2.55 bits per heavy atom. The average Bonchev–Trinajstić information content (AvgIpc) is 2.75. The number of piperidine rings is 1. The van der Waals surface area contributed by atoms with Gasteiger partial charge in [-0.25, -0.2) is 13.2 Å². The Morgan fingerprint density at radius 1 is 1.21 bits per heavy atom. The van der Waals surface area contributed by atoms with Gasteiger partial charge >= 0.3 is 5.97 Å². The van der Waals surface area contributed by atoms with Crippen molar-refractivity contribution in [2.45, 2.75) is 17.7 Å². The van der Waals surface area contributed by atoms with E-state index in [4.69, 9.17) is 0 Å². The van der Waals surface area contributed by atoms with E-state index in [0.717, 1.165) is 0 Å². The quantitative estimate of drug-likeness (QED) is 0.557. The molecule has 1 aliphatic heterocycles. The first-order valence-electron chi connectivity index (χ1n) is 8.96. The lowest BCUT2D eigenvalue weighted by Gasteiger charge is -2.30. The van der Waals surface area contributed by atoms with E-state index in [-0.39, 0.29) is 40.9 Å². The van der Waals surface area contributed by atoms with E-state index in [2.05, 4.69) is 15.0 Å². The summed E-state index contributed by atoms with van der Waals surface area (Å²) in [5.41, 5.74) is 0.0472. The van der Waals surface area contributed by atoms with E-state index in [1.54, 1.807) is 6.07 Å². The number of pyridine rings is 1. The van der Waals surface area contributed by atoms with Crippen molar-refractivity contribution in [3.05, 3.63) is 48.3 Å². The number of methoxy groups -OCH3 is 1. The Labute approximate surface area is 168 Å². The Morgan fingerprint density at radius 2 is 1.93 bits per heavy atom. The fourth-order valence-corrected chi connectivity index (χ4v) is 4.60. The summed E-state index contributed by atoms with van der Waals surface area (Å²) in [6.07, 6.45) is 3.47. The molecule has 29 heavy (non-hydrogen) atoms. The van der Waals surface area contributed by atoms with Crippen LogP contribution in [0, 0.1) is 5.92 Å². The molecule has 3 rings (SSSR count). The van der Waals surface area contributed by atoms with Crippen LogP contribution < -0.4 is 5.32 Å². The summed E-state index contributed by atoms with van der Waals surface area (Å²) < 4.78 is 31.2. The van der Waals surface area contributed by atoms with Gasteiger partial charge in [0.15, 0.2) is 5.75 Å². The van der Waals surface area contributed by atoms with Gasteiger partial charge in [-0.05, 0) is 37.1 Å². The highest BCUT2D eigenvalue weighted by atomic mass is 32.2. The van der Waals surface area contributed by atoms with Crippen molar-refractivity contribution in [3.8, 4) is 5.75 Å². The Balaban J connectivity index is 1.65. The Hall–Kier alpha value is -2.98. The zero-order valence-corrected chi connectivity index (χ0v) is 16.6. The molecule has 0 unspecified atom stereocenters. The third-order valence-electron chi connectivity index (χ3n) is 4.80. The number of carbonyl (C=O) groups is 2. The third-order valence-corrected chi connectivity index (χ3v) is 6.68. The molecule has 1 saturated heterocycles. The normalized spacial score (nSPS) is 15.6. The number of para-hydroxylation sites is 1. The fourth-order valence-electron chi connectivity index (χ4n) is 3.16. The fraction of sp³-hybridized carbons (Fsp3) is 0.316. The van der Waals surface area contributed by atoms with Crippen molar-refractivity contribution in [2.75, 3.05) is 25.5 Å². The number of rotatable bonds is 5. The number of ether oxygens (including phenoxy) is 1. The van der Waals surface area contributed by atoms with Gasteiger partial charge in [-0.1, -0.05) is 6.07 Å². The second-order valence-electron chi connectivity index (χ2n) is 6.55. The number of nitrogens with zero attached hydrogens (tertiary/aromatic N) is 2. The number of phenols is 1. The van der Waals surface area contributed by atoms with Crippen molar-refractivity contribution < 1.29 is 27.9 Å². The molecule has 1 aromatic heterocycles. The maximum Gasteiger partial charge on any atom is 0.341 e. The van der Waals surface area contributed by atoms with E-state index >= 15 is 0 Å². The first kappa shape index (κ1) is 20.7. The lowest BCUT2D eigenvalue weighted by Crippen LogP contribution is -2.41. The molecule has 2 heterocycles. The molecule has 1 fully saturated rings. The summed E-state index contributed by atoms with van der Waals surface area (Å²) in [6, 6.07) is 7.42. The zero-order valence-electron chi connectivity index (χ0n) is 15.7. The lowest BCUT2D eigenvalue weighted by molar-refractivity contribution is -0.120. The van der Waals surface area contributed by atoms with Gasteiger partial charge in [0.05, 0.1) is 12.8 Å². The van der Waals surface area contributed by atoms with Crippen molar-refractivity contribution in [2.24, 2.45) is 5.92 Å². The van der Waals surface area contributed by atoms with Crippen LogP contribution in [0.5, 0.6) is 5.75 Å². The lowest BCUT2D eigenvalue weighted by atomic mass is 9.97. The van der Waals surface area contributed by atoms with Crippen LogP contribution in [0.2, 0.25) is 0 Å². The van der Waals surface area contributed by atoms with Gasteiger partial charge in [-0.2, -0.15) is 4.31 Å². The molecule has 2 aromatic rings. The minimum atomic E-state index is -3.65. The third kappa shape index (κ3) is 4.38. The standard InChI is InChI=1S/C19H21N3O6S/c1-28-19(25)15-5-2-6-16(17(15)23)21-18(24)13-7-10-22(11-8-13)29(26,27)14-4-3-9-20-12-14/h2-6,9,12-13,23H,7-8,10-11H2,1H3,(H,21,24). The van der Waals surface area contributed by atoms with Gasteiger partial charge in [-0.3, -0.25) is 9.78 Å². The average molecular weight is 419 g/mol. The molecule has 1 aliphatic rings. The Kier molecular flexibility index (Phi) is 6.14. The Bertz CT molecular complexity index is 1000. The molecule has 2 N–H and O–H groups in total. The van der Waals surface area contributed by atoms with Crippen molar-refractivity contribution in [1.82, 2.24) is 9.29 Å². The zero-order chi connectivity index (χ0) is 21.0. The van der Waals surface area contributed by atoms with Crippen LogP contribution in [0.15, 0.2) is 47.6 Å². The minimum Gasteiger partial charge on any atom is -0.505 e. The second-order valence-corrected chi connectivity index (χ2v) is 8.49. The van der Waals surface area contributed by atoms with Gasteiger partial charge in [0.25, 0.3) is 0 Å². The predicted molar refractivity (Wildman–Crippen MR) is 104 cm³/mol. The van der Waals surface area contributed by atoms with E-state index in [1.807, 2.05) is 0 Å². The summed E-state index contributed by atoms with van der Waals surface area (Å²) in [6.45, 7) is 0.396. The molecule has 0 spiro atoms. The molecule has 1 aromatic carbocycles. The number of hydrogen-bond acceptors (Lipinski definition) is 7. The summed E-state index contributed by atoms with van der Waals surface area (Å²) in [4.78, 5) is 28.2. The number of benzene rings is 1. The first-order chi connectivity index (χ1) is 13.8. The molecule has 0 radical (unpaired) electrons. The number of phenolic OH excluding ortho intramolecular Hbond substituents is 1. The summed E-state index contributed by atoms with van der Waals surface area (Å²) in [5, 5.41) is 12.8. The number of anilines is 1. The molecule has 0 saturated carbocycles. The SMILES string of the molecule is COC(=O)c1cccc(NC(=O)C2CCN(S(=O)(=O)c3cccnc3)CC2)c1O. The van der Waals surface area contributed by atoms with Crippen LogP contribution in [-0.4, -0.2) is 54.9 Å². The van der Waals surface area contributed by atoms with Gasteiger partial charge in [0, 0.05) is 31.4 Å². The highest BCUT2D eigenvalue weighted by Crippen LogP contribution is 2.30. The minimum absolute atomic E-state index is 0.0531. The smallest absolute Gasteiger partial charge is 0.341 e. The molecular weight excluding hydrogens is 398 g/mol. The van der Waals surface area contributed by atoms with Gasteiger partial charge < -0.3 is 15.2 Å². The number of nitrogens with one attached hydrogen (secondary N) is 1. The largest absolute Gasteiger partial charge is 0.505 e. The summed E-state index contributed by atoms with van der Waals surface area (Å²) in [5.74, 6) is -1.85. The summed E-state index contributed by atoms with van der Waals surface area (Å²) >= 11 is 0. The molecule has 1 amide bonds. The van der Waals surface area contributed by atoms with E-state index in [9.17, 15) is 23.1 Å². The van der Waals surface area contributed by atoms with Crippen molar-refractivity contribution in [1.29, 1.82) is 0 Å². The van der Waals surface area contributed by atoms with Crippen LogP contribution in [-0.2, 0) is 19.6 Å². The number of amides is 1. The second kappa shape index (κ2) is 8.58.